The van der Waals surface area contributed by atoms with Crippen molar-refractivity contribution in [1.29, 1.82) is 0 Å². The standard InChI is InChI=1S/C14H21NO9/c1-21-9(16)8-14(20,13(19)23-3)10(12(18)22-2)11(17)15-4-6-24-7-5-15/h10,20H,4-8H2,1-3H3. The third-order valence-corrected chi connectivity index (χ3v) is 3.66. The zero-order valence-corrected chi connectivity index (χ0v) is 13.8. The first-order chi connectivity index (χ1) is 11.3. The van der Waals surface area contributed by atoms with Crippen LogP contribution in [0.5, 0.6) is 0 Å². The van der Waals surface area contributed by atoms with E-state index in [0.29, 0.717) is 0 Å². The van der Waals surface area contributed by atoms with Crippen molar-refractivity contribution in [2.24, 2.45) is 5.92 Å². The summed E-state index contributed by atoms with van der Waals surface area (Å²) in [6.45, 7) is 0.824. The Hall–Kier alpha value is -2.20. The van der Waals surface area contributed by atoms with Crippen molar-refractivity contribution in [3.8, 4) is 0 Å². The quantitative estimate of drug-likeness (QED) is 0.333. The molecule has 1 aliphatic rings. The summed E-state index contributed by atoms with van der Waals surface area (Å²) in [5, 5.41) is 10.7. The summed E-state index contributed by atoms with van der Waals surface area (Å²) in [6, 6.07) is 0. The van der Waals surface area contributed by atoms with Crippen LogP contribution in [0.3, 0.4) is 0 Å². The van der Waals surface area contributed by atoms with Gasteiger partial charge in [-0.3, -0.25) is 14.4 Å². The van der Waals surface area contributed by atoms with Crippen LogP contribution in [0, 0.1) is 5.92 Å². The molecule has 0 bridgehead atoms. The largest absolute Gasteiger partial charge is 0.469 e. The monoisotopic (exact) mass is 347 g/mol. The third kappa shape index (κ3) is 4.20. The lowest BCUT2D eigenvalue weighted by Gasteiger charge is -2.35. The SMILES string of the molecule is COC(=O)CC(O)(C(=O)OC)C(C(=O)OC)C(=O)N1CCOCC1. The Labute approximate surface area is 138 Å². The van der Waals surface area contributed by atoms with E-state index in [1.165, 1.54) is 4.90 Å². The Balaban J connectivity index is 3.25. The van der Waals surface area contributed by atoms with Crippen molar-refractivity contribution in [3.63, 3.8) is 0 Å². The number of nitrogens with zero attached hydrogens (tertiary/aromatic N) is 1. The molecule has 0 aromatic heterocycles. The molecule has 10 heteroatoms. The number of esters is 3. The summed E-state index contributed by atoms with van der Waals surface area (Å²) in [4.78, 5) is 49.7. The van der Waals surface area contributed by atoms with E-state index in [0.717, 1.165) is 21.3 Å². The van der Waals surface area contributed by atoms with Crippen LogP contribution in [0.2, 0.25) is 0 Å². The number of amides is 1. The normalized spacial score (nSPS) is 18.1. The number of aliphatic hydroxyl groups is 1. The molecule has 1 heterocycles. The summed E-state index contributed by atoms with van der Waals surface area (Å²) in [5.74, 6) is -6.30. The van der Waals surface area contributed by atoms with Crippen LogP contribution >= 0.6 is 0 Å². The van der Waals surface area contributed by atoms with Crippen LogP contribution in [0.4, 0.5) is 0 Å². The molecule has 0 aromatic carbocycles. The molecule has 10 nitrogen and oxygen atoms in total. The van der Waals surface area contributed by atoms with Crippen molar-refractivity contribution in [1.82, 2.24) is 4.90 Å². The first-order valence-corrected chi connectivity index (χ1v) is 7.13. The van der Waals surface area contributed by atoms with Gasteiger partial charge in [0.1, 0.15) is 0 Å². The van der Waals surface area contributed by atoms with Crippen LogP contribution in [-0.4, -0.2) is 87.1 Å². The summed E-state index contributed by atoms with van der Waals surface area (Å²) >= 11 is 0. The molecular weight excluding hydrogens is 326 g/mol. The summed E-state index contributed by atoms with van der Waals surface area (Å²) in [7, 11) is 2.99. The molecule has 136 valence electrons. The zero-order chi connectivity index (χ0) is 18.3. The number of hydrogen-bond donors (Lipinski definition) is 1. The van der Waals surface area contributed by atoms with Crippen LogP contribution in [0.1, 0.15) is 6.42 Å². The highest BCUT2D eigenvalue weighted by Gasteiger charge is 2.56. The lowest BCUT2D eigenvalue weighted by Crippen LogP contribution is -2.59. The second-order valence-electron chi connectivity index (χ2n) is 5.06. The molecule has 24 heavy (non-hydrogen) atoms. The average molecular weight is 347 g/mol. The van der Waals surface area contributed by atoms with Gasteiger partial charge < -0.3 is 29.0 Å². The van der Waals surface area contributed by atoms with Crippen LogP contribution < -0.4 is 0 Å². The smallest absolute Gasteiger partial charge is 0.339 e. The number of carbonyl (C=O) groups excluding carboxylic acids is 4. The van der Waals surface area contributed by atoms with Crippen molar-refractivity contribution >= 4 is 23.8 Å². The van der Waals surface area contributed by atoms with E-state index in [1.54, 1.807) is 0 Å². The number of ether oxygens (including phenoxy) is 4. The molecule has 1 aliphatic heterocycles. The van der Waals surface area contributed by atoms with E-state index in [4.69, 9.17) is 4.74 Å². The Morgan fingerprint density at radius 2 is 1.67 bits per heavy atom. The van der Waals surface area contributed by atoms with E-state index in [9.17, 15) is 24.3 Å². The van der Waals surface area contributed by atoms with Crippen molar-refractivity contribution < 1.29 is 43.2 Å². The maximum atomic E-state index is 12.7. The predicted octanol–water partition coefficient (Wildman–Crippen LogP) is -1.90. The van der Waals surface area contributed by atoms with Gasteiger partial charge in [-0.2, -0.15) is 0 Å². The Bertz CT molecular complexity index is 500. The van der Waals surface area contributed by atoms with Gasteiger partial charge in [0.25, 0.3) is 0 Å². The molecule has 0 aliphatic carbocycles. The number of methoxy groups -OCH3 is 3. The van der Waals surface area contributed by atoms with Gasteiger partial charge in [-0.05, 0) is 0 Å². The molecule has 1 fully saturated rings. The molecule has 1 saturated heterocycles. The Morgan fingerprint density at radius 1 is 1.08 bits per heavy atom. The molecule has 0 saturated carbocycles. The maximum Gasteiger partial charge on any atom is 0.339 e. The molecule has 0 radical (unpaired) electrons. The first kappa shape index (κ1) is 19.8. The highest BCUT2D eigenvalue weighted by molar-refractivity contribution is 6.05. The minimum atomic E-state index is -2.75. The molecule has 1 N–H and O–H groups in total. The highest BCUT2D eigenvalue weighted by atomic mass is 16.6. The zero-order valence-electron chi connectivity index (χ0n) is 13.8. The highest BCUT2D eigenvalue weighted by Crippen LogP contribution is 2.28. The fraction of sp³-hybridized carbons (Fsp3) is 0.714. The molecule has 2 atom stereocenters. The lowest BCUT2D eigenvalue weighted by molar-refractivity contribution is -0.188. The summed E-state index contributed by atoms with van der Waals surface area (Å²) in [5.41, 5.74) is -2.75. The van der Waals surface area contributed by atoms with E-state index >= 15 is 0 Å². The molecule has 0 spiro atoms. The van der Waals surface area contributed by atoms with E-state index in [1.807, 2.05) is 0 Å². The van der Waals surface area contributed by atoms with Crippen molar-refractivity contribution in [2.75, 3.05) is 47.6 Å². The van der Waals surface area contributed by atoms with Gasteiger partial charge in [0.15, 0.2) is 11.5 Å². The van der Waals surface area contributed by atoms with Gasteiger partial charge in [-0.1, -0.05) is 0 Å². The molecule has 1 rings (SSSR count). The van der Waals surface area contributed by atoms with E-state index in [2.05, 4.69) is 14.2 Å². The van der Waals surface area contributed by atoms with Crippen LogP contribution in [0.15, 0.2) is 0 Å². The summed E-state index contributed by atoms with van der Waals surface area (Å²) in [6.07, 6.45) is -0.938. The fourth-order valence-electron chi connectivity index (χ4n) is 2.35. The molecule has 2 unspecified atom stereocenters. The number of hydrogen-bond acceptors (Lipinski definition) is 9. The minimum absolute atomic E-state index is 0.168. The second-order valence-corrected chi connectivity index (χ2v) is 5.06. The van der Waals surface area contributed by atoms with Crippen molar-refractivity contribution in [2.45, 2.75) is 12.0 Å². The molecular formula is C14H21NO9. The molecule has 0 aromatic rings. The second kappa shape index (κ2) is 8.60. The van der Waals surface area contributed by atoms with Crippen molar-refractivity contribution in [3.05, 3.63) is 0 Å². The Kier molecular flexibility index (Phi) is 7.11. The average Bonchev–Trinajstić information content (AvgIpc) is 2.61. The van der Waals surface area contributed by atoms with Gasteiger partial charge in [0, 0.05) is 13.1 Å². The maximum absolute atomic E-state index is 12.7. The van der Waals surface area contributed by atoms with Gasteiger partial charge in [-0.25, -0.2) is 4.79 Å². The lowest BCUT2D eigenvalue weighted by atomic mass is 9.83. The summed E-state index contributed by atoms with van der Waals surface area (Å²) < 4.78 is 18.6. The van der Waals surface area contributed by atoms with Crippen LogP contribution in [0.25, 0.3) is 0 Å². The first-order valence-electron chi connectivity index (χ1n) is 7.13. The number of morpholine rings is 1. The Morgan fingerprint density at radius 3 is 2.12 bits per heavy atom. The van der Waals surface area contributed by atoms with Gasteiger partial charge in [-0.15, -0.1) is 0 Å². The van der Waals surface area contributed by atoms with Gasteiger partial charge in [0.2, 0.25) is 5.91 Å². The topological polar surface area (TPSA) is 129 Å². The predicted molar refractivity (Wildman–Crippen MR) is 76.5 cm³/mol. The number of carbonyl (C=O) groups is 4. The van der Waals surface area contributed by atoms with Gasteiger partial charge in [0.05, 0.1) is 41.0 Å². The minimum Gasteiger partial charge on any atom is -0.469 e. The van der Waals surface area contributed by atoms with Crippen LogP contribution in [-0.2, 0) is 38.1 Å². The van der Waals surface area contributed by atoms with Gasteiger partial charge >= 0.3 is 17.9 Å². The van der Waals surface area contributed by atoms with E-state index in [-0.39, 0.29) is 26.3 Å². The molecule has 1 amide bonds. The van der Waals surface area contributed by atoms with E-state index < -0.39 is 41.8 Å². The number of rotatable bonds is 6. The fourth-order valence-corrected chi connectivity index (χ4v) is 2.35. The third-order valence-electron chi connectivity index (χ3n) is 3.66.